The molecule has 0 aromatic heterocycles. The van der Waals surface area contributed by atoms with Crippen molar-refractivity contribution in [3.8, 4) is 0 Å². The van der Waals surface area contributed by atoms with Crippen LogP contribution in [-0.2, 0) is 14.4 Å². The molecular weight excluding hydrogens is 260 g/mol. The summed E-state index contributed by atoms with van der Waals surface area (Å²) < 4.78 is 0. The second kappa shape index (κ2) is 25.9. The molecule has 0 aromatic rings. The Morgan fingerprint density at radius 2 is 1.65 bits per heavy atom. The van der Waals surface area contributed by atoms with Crippen LogP contribution in [0.25, 0.3) is 0 Å². The number of nitrogens with two attached hydrogens (primary N) is 1. The molecule has 0 bridgehead atoms. The van der Waals surface area contributed by atoms with Crippen molar-refractivity contribution in [2.45, 2.75) is 60.8 Å². The monoisotopic (exact) mass is 290 g/mol. The zero-order chi connectivity index (χ0) is 15.5. The summed E-state index contributed by atoms with van der Waals surface area (Å²) in [4.78, 5) is 29.7. The molecule has 120 valence electrons. The molecule has 2 amide bonds. The Balaban J connectivity index is -0.0000000966. The minimum absolute atomic E-state index is 0. The Morgan fingerprint density at radius 3 is 1.80 bits per heavy atom. The maximum atomic E-state index is 10.3. The van der Waals surface area contributed by atoms with Crippen LogP contribution >= 0.6 is 0 Å². The minimum Gasteiger partial charge on any atom is -0.303 e. The number of carbonyl (C=O) groups excluding carboxylic acids is 3. The van der Waals surface area contributed by atoms with Crippen LogP contribution < -0.4 is 16.7 Å². The highest BCUT2D eigenvalue weighted by Crippen LogP contribution is 1.74. The van der Waals surface area contributed by atoms with Crippen molar-refractivity contribution in [1.82, 2.24) is 10.9 Å². The first-order chi connectivity index (χ1) is 9.03. The molecule has 0 saturated carbocycles. The standard InChI is InChI=1S/C5H10N2O.C4H8O.C3H8N2O.CH4/c1-3-5(8)7-6-4-2;1-2-3-4-5;1-2-3(6)5-4;/h4H,3H2,1-2H3,(H,7,8);4H,2-3H2,1H3;2,4H2,1H3,(H,5,6);1H4. The molecule has 0 unspecified atom stereocenters. The second-order valence-corrected chi connectivity index (χ2v) is 3.15. The van der Waals surface area contributed by atoms with Gasteiger partial charge in [-0.05, 0) is 13.3 Å². The summed E-state index contributed by atoms with van der Waals surface area (Å²) in [5.74, 6) is 4.50. The highest BCUT2D eigenvalue weighted by Gasteiger charge is 1.88. The molecular formula is C13H30N4O3. The minimum atomic E-state index is -0.130. The SMILES string of the molecule is C.CC=NNC(=O)CC.CCC(=O)NN.CCCC=O. The van der Waals surface area contributed by atoms with Gasteiger partial charge in [-0.2, -0.15) is 5.10 Å². The fraction of sp³-hybridized carbons (Fsp3) is 0.692. The third kappa shape index (κ3) is 36.0. The van der Waals surface area contributed by atoms with Gasteiger partial charge in [0.15, 0.2) is 0 Å². The van der Waals surface area contributed by atoms with Crippen LogP contribution in [0.5, 0.6) is 0 Å². The number of hydrazine groups is 1. The van der Waals surface area contributed by atoms with Crippen LogP contribution in [0.3, 0.4) is 0 Å². The van der Waals surface area contributed by atoms with Crippen LogP contribution in [-0.4, -0.2) is 24.3 Å². The third-order valence-electron chi connectivity index (χ3n) is 1.53. The van der Waals surface area contributed by atoms with Gasteiger partial charge in [-0.25, -0.2) is 11.3 Å². The molecule has 0 saturated heterocycles. The van der Waals surface area contributed by atoms with E-state index in [9.17, 15) is 14.4 Å². The van der Waals surface area contributed by atoms with E-state index in [1.165, 1.54) is 6.21 Å². The first-order valence-corrected chi connectivity index (χ1v) is 6.23. The molecule has 0 radical (unpaired) electrons. The zero-order valence-corrected chi connectivity index (χ0v) is 12.2. The Labute approximate surface area is 122 Å². The van der Waals surface area contributed by atoms with Gasteiger partial charge in [0.2, 0.25) is 11.8 Å². The van der Waals surface area contributed by atoms with Crippen LogP contribution in [0.15, 0.2) is 5.10 Å². The fourth-order valence-corrected chi connectivity index (χ4v) is 0.436. The van der Waals surface area contributed by atoms with E-state index in [1.54, 1.807) is 20.8 Å². The van der Waals surface area contributed by atoms with E-state index in [1.807, 2.05) is 12.3 Å². The molecule has 7 nitrogen and oxygen atoms in total. The van der Waals surface area contributed by atoms with E-state index >= 15 is 0 Å². The number of hydrogen-bond acceptors (Lipinski definition) is 5. The number of aldehydes is 1. The lowest BCUT2D eigenvalue weighted by atomic mass is 10.4. The van der Waals surface area contributed by atoms with Gasteiger partial charge < -0.3 is 4.79 Å². The van der Waals surface area contributed by atoms with Crippen molar-refractivity contribution < 1.29 is 14.4 Å². The molecule has 0 atom stereocenters. The summed E-state index contributed by atoms with van der Waals surface area (Å²) in [6.07, 6.45) is 5.09. The average molecular weight is 290 g/mol. The molecule has 7 heteroatoms. The molecule has 0 aliphatic carbocycles. The van der Waals surface area contributed by atoms with Crippen molar-refractivity contribution in [2.24, 2.45) is 10.9 Å². The van der Waals surface area contributed by atoms with E-state index in [-0.39, 0.29) is 19.2 Å². The largest absolute Gasteiger partial charge is 0.303 e. The third-order valence-corrected chi connectivity index (χ3v) is 1.53. The Kier molecular flexibility index (Phi) is 34.7. The van der Waals surface area contributed by atoms with Gasteiger partial charge >= 0.3 is 0 Å². The molecule has 0 rings (SSSR count). The van der Waals surface area contributed by atoms with Gasteiger partial charge in [0.1, 0.15) is 6.29 Å². The highest BCUT2D eigenvalue weighted by atomic mass is 16.2. The maximum Gasteiger partial charge on any atom is 0.239 e. The number of carbonyl (C=O) groups is 3. The van der Waals surface area contributed by atoms with E-state index in [2.05, 4.69) is 16.4 Å². The Hall–Kier alpha value is -1.76. The van der Waals surface area contributed by atoms with E-state index in [4.69, 9.17) is 0 Å². The lowest BCUT2D eigenvalue weighted by Gasteiger charge is -1.90. The smallest absolute Gasteiger partial charge is 0.239 e. The van der Waals surface area contributed by atoms with Gasteiger partial charge in [-0.3, -0.25) is 15.0 Å². The zero-order valence-electron chi connectivity index (χ0n) is 12.2. The number of unbranched alkanes of at least 4 members (excludes halogenated alkanes) is 1. The molecule has 0 aliphatic rings. The predicted molar refractivity (Wildman–Crippen MR) is 82.9 cm³/mol. The molecule has 0 aliphatic heterocycles. The molecule has 20 heavy (non-hydrogen) atoms. The first kappa shape index (κ1) is 26.7. The normalized spacial score (nSPS) is 8.05. The Bertz CT molecular complexity index is 250. The molecule has 0 aromatic carbocycles. The van der Waals surface area contributed by atoms with Crippen LogP contribution in [0, 0.1) is 0 Å². The number of rotatable bonds is 5. The summed E-state index contributed by atoms with van der Waals surface area (Å²) in [7, 11) is 0. The van der Waals surface area contributed by atoms with E-state index in [0.717, 1.165) is 12.7 Å². The number of hydrazone groups is 1. The quantitative estimate of drug-likeness (QED) is 0.234. The van der Waals surface area contributed by atoms with E-state index < -0.39 is 0 Å². The topological polar surface area (TPSA) is 114 Å². The summed E-state index contributed by atoms with van der Waals surface area (Å²) in [6, 6.07) is 0. The number of hydrogen-bond donors (Lipinski definition) is 3. The summed E-state index contributed by atoms with van der Waals surface area (Å²) in [6.45, 7) is 7.24. The summed E-state index contributed by atoms with van der Waals surface area (Å²) in [5, 5.41) is 3.52. The van der Waals surface area contributed by atoms with Gasteiger partial charge in [-0.15, -0.1) is 0 Å². The molecule has 0 heterocycles. The van der Waals surface area contributed by atoms with Gasteiger partial charge in [0.05, 0.1) is 0 Å². The maximum absolute atomic E-state index is 10.3. The number of nitrogens with zero attached hydrogens (tertiary/aromatic N) is 1. The van der Waals surface area contributed by atoms with Crippen molar-refractivity contribution in [3.05, 3.63) is 0 Å². The predicted octanol–water partition coefficient (Wildman–Crippen LogP) is 1.53. The molecule has 4 N–H and O–H groups in total. The number of amides is 2. The van der Waals surface area contributed by atoms with Crippen molar-refractivity contribution >= 4 is 24.3 Å². The van der Waals surface area contributed by atoms with Crippen molar-refractivity contribution in [1.29, 1.82) is 0 Å². The second-order valence-electron chi connectivity index (χ2n) is 3.15. The number of nitrogens with one attached hydrogen (secondary N) is 2. The van der Waals surface area contributed by atoms with Gasteiger partial charge in [0.25, 0.3) is 0 Å². The Morgan fingerprint density at radius 1 is 1.15 bits per heavy atom. The lowest BCUT2D eigenvalue weighted by Crippen LogP contribution is -2.28. The van der Waals surface area contributed by atoms with Crippen LogP contribution in [0.4, 0.5) is 0 Å². The lowest BCUT2D eigenvalue weighted by molar-refractivity contribution is -0.121. The fourth-order valence-electron chi connectivity index (χ4n) is 0.436. The van der Waals surface area contributed by atoms with E-state index in [0.29, 0.717) is 19.3 Å². The van der Waals surface area contributed by atoms with Crippen molar-refractivity contribution in [3.63, 3.8) is 0 Å². The molecule has 0 fully saturated rings. The van der Waals surface area contributed by atoms with Gasteiger partial charge in [0, 0.05) is 25.5 Å². The highest BCUT2D eigenvalue weighted by molar-refractivity contribution is 5.76. The first-order valence-electron chi connectivity index (χ1n) is 6.23. The summed E-state index contributed by atoms with van der Waals surface area (Å²) >= 11 is 0. The van der Waals surface area contributed by atoms with Crippen molar-refractivity contribution in [2.75, 3.05) is 0 Å². The van der Waals surface area contributed by atoms with Crippen LogP contribution in [0.2, 0.25) is 0 Å². The van der Waals surface area contributed by atoms with Gasteiger partial charge in [-0.1, -0.05) is 28.2 Å². The summed E-state index contributed by atoms with van der Waals surface area (Å²) in [5.41, 5.74) is 4.29. The van der Waals surface area contributed by atoms with Crippen LogP contribution in [0.1, 0.15) is 60.8 Å². The molecule has 0 spiro atoms. The average Bonchev–Trinajstić information content (AvgIpc) is 2.45.